The zero-order valence-electron chi connectivity index (χ0n) is 9.17. The lowest BCUT2D eigenvalue weighted by molar-refractivity contribution is 0.338. The third-order valence-electron chi connectivity index (χ3n) is 2.93. The zero-order chi connectivity index (χ0) is 12.8. The van der Waals surface area contributed by atoms with Crippen molar-refractivity contribution in [2.45, 2.75) is 29.4 Å². The number of thiophene rings is 1. The molecule has 0 spiro atoms. The predicted molar refractivity (Wildman–Crippen MR) is 67.2 cm³/mol. The maximum Gasteiger partial charge on any atom is 0.270 e. The molecule has 18 heavy (non-hydrogen) atoms. The van der Waals surface area contributed by atoms with Crippen LogP contribution in [0.1, 0.15) is 31.1 Å². The number of nitrogens with zero attached hydrogens (tertiary/aromatic N) is 2. The van der Waals surface area contributed by atoms with Crippen molar-refractivity contribution in [3.63, 3.8) is 0 Å². The van der Waals surface area contributed by atoms with Crippen LogP contribution in [-0.4, -0.2) is 18.6 Å². The first-order valence-corrected chi connectivity index (χ1v) is 8.55. The second-order valence-electron chi connectivity index (χ2n) is 4.13. The van der Waals surface area contributed by atoms with Crippen molar-refractivity contribution in [3.05, 3.63) is 18.0 Å². The number of hydrogen-bond acceptors (Lipinski definition) is 6. The molecule has 0 amide bonds. The van der Waals surface area contributed by atoms with E-state index in [2.05, 4.69) is 10.2 Å². The van der Waals surface area contributed by atoms with Gasteiger partial charge in [-0.3, -0.25) is 0 Å². The summed E-state index contributed by atoms with van der Waals surface area (Å²) in [6.45, 7) is 0. The van der Waals surface area contributed by atoms with Crippen LogP contribution in [0.4, 0.5) is 0 Å². The maximum atomic E-state index is 11.2. The lowest BCUT2D eigenvalue weighted by Gasteiger charge is -2.20. The Labute approximate surface area is 112 Å². The van der Waals surface area contributed by atoms with Crippen LogP contribution < -0.4 is 0 Å². The fourth-order valence-electron chi connectivity index (χ4n) is 1.72. The molecule has 0 bridgehead atoms. The lowest BCUT2D eigenvalue weighted by atomic mass is 9.85. The highest BCUT2D eigenvalue weighted by Gasteiger charge is 2.26. The van der Waals surface area contributed by atoms with Gasteiger partial charge in [-0.05, 0) is 25.0 Å². The SMILES string of the molecule is O=S(=O)(Cl)c1ccc(-c2nnc(C3CCC3)o2)s1. The summed E-state index contributed by atoms with van der Waals surface area (Å²) in [4.78, 5) is 0.618. The van der Waals surface area contributed by atoms with Gasteiger partial charge in [0.25, 0.3) is 14.9 Å². The van der Waals surface area contributed by atoms with Gasteiger partial charge in [0, 0.05) is 16.6 Å². The van der Waals surface area contributed by atoms with Crippen molar-refractivity contribution in [2.24, 2.45) is 0 Å². The molecule has 1 aliphatic carbocycles. The fourth-order valence-corrected chi connectivity index (χ4v) is 3.72. The Morgan fingerprint density at radius 1 is 1.33 bits per heavy atom. The van der Waals surface area contributed by atoms with Crippen LogP contribution in [0.5, 0.6) is 0 Å². The first-order valence-electron chi connectivity index (χ1n) is 5.42. The largest absolute Gasteiger partial charge is 0.420 e. The molecule has 0 saturated heterocycles. The highest BCUT2D eigenvalue weighted by atomic mass is 35.7. The van der Waals surface area contributed by atoms with Gasteiger partial charge in [-0.15, -0.1) is 21.5 Å². The van der Waals surface area contributed by atoms with Gasteiger partial charge < -0.3 is 4.42 Å². The Kier molecular flexibility index (Phi) is 2.91. The number of aromatic nitrogens is 2. The summed E-state index contributed by atoms with van der Waals surface area (Å²) >= 11 is 1.03. The molecule has 2 heterocycles. The highest BCUT2D eigenvalue weighted by Crippen LogP contribution is 2.38. The van der Waals surface area contributed by atoms with Gasteiger partial charge in [-0.25, -0.2) is 8.42 Å². The van der Waals surface area contributed by atoms with Gasteiger partial charge in [0.15, 0.2) is 0 Å². The van der Waals surface area contributed by atoms with Gasteiger partial charge in [-0.1, -0.05) is 6.42 Å². The third kappa shape index (κ3) is 2.17. The number of halogens is 1. The lowest BCUT2D eigenvalue weighted by Crippen LogP contribution is -2.08. The summed E-state index contributed by atoms with van der Waals surface area (Å²) in [5.41, 5.74) is 0. The van der Waals surface area contributed by atoms with Crippen LogP contribution in [0.2, 0.25) is 0 Å². The summed E-state index contributed by atoms with van der Waals surface area (Å²) in [6, 6.07) is 3.06. The molecule has 0 atom stereocenters. The zero-order valence-corrected chi connectivity index (χ0v) is 11.6. The number of hydrogen-bond donors (Lipinski definition) is 0. The van der Waals surface area contributed by atoms with Crippen LogP contribution in [0.15, 0.2) is 20.8 Å². The van der Waals surface area contributed by atoms with Crippen molar-refractivity contribution < 1.29 is 12.8 Å². The summed E-state index contributed by atoms with van der Waals surface area (Å²) in [7, 11) is 1.57. The Hall–Kier alpha value is -0.920. The normalized spacial score (nSPS) is 16.7. The van der Waals surface area contributed by atoms with E-state index in [0.717, 1.165) is 24.2 Å². The van der Waals surface area contributed by atoms with E-state index in [-0.39, 0.29) is 4.21 Å². The van der Waals surface area contributed by atoms with Crippen LogP contribution in [0.25, 0.3) is 10.8 Å². The minimum Gasteiger partial charge on any atom is -0.420 e. The molecule has 1 saturated carbocycles. The van der Waals surface area contributed by atoms with Gasteiger partial charge in [0.2, 0.25) is 5.89 Å². The predicted octanol–water partition coefficient (Wildman–Crippen LogP) is 2.99. The van der Waals surface area contributed by atoms with E-state index in [1.807, 2.05) is 0 Å². The van der Waals surface area contributed by atoms with Crippen LogP contribution in [0, 0.1) is 0 Å². The molecule has 96 valence electrons. The molecule has 2 aromatic rings. The minimum atomic E-state index is -3.69. The minimum absolute atomic E-state index is 0.0857. The van der Waals surface area contributed by atoms with Gasteiger partial charge in [0.05, 0.1) is 4.88 Å². The molecule has 8 heteroatoms. The number of rotatable bonds is 3. The molecule has 0 aliphatic heterocycles. The van der Waals surface area contributed by atoms with Crippen molar-refractivity contribution in [1.29, 1.82) is 0 Å². The fraction of sp³-hybridized carbons (Fsp3) is 0.400. The van der Waals surface area contributed by atoms with Crippen molar-refractivity contribution in [3.8, 4) is 10.8 Å². The average molecular weight is 305 g/mol. The molecule has 1 fully saturated rings. The molecule has 5 nitrogen and oxygen atoms in total. The molecular formula is C10H9ClN2O3S2. The van der Waals surface area contributed by atoms with Gasteiger partial charge in [-0.2, -0.15) is 0 Å². The van der Waals surface area contributed by atoms with Crippen LogP contribution >= 0.6 is 22.0 Å². The smallest absolute Gasteiger partial charge is 0.270 e. The second-order valence-corrected chi connectivity index (χ2v) is 8.01. The molecule has 0 aromatic carbocycles. The van der Waals surface area contributed by atoms with E-state index in [1.54, 1.807) is 6.07 Å². The highest BCUT2D eigenvalue weighted by molar-refractivity contribution is 8.15. The summed E-state index contributed by atoms with van der Waals surface area (Å²) in [6.07, 6.45) is 3.34. The van der Waals surface area contributed by atoms with E-state index < -0.39 is 9.05 Å². The Balaban J connectivity index is 1.90. The molecule has 0 radical (unpaired) electrons. The Morgan fingerprint density at radius 3 is 2.67 bits per heavy atom. The van der Waals surface area contributed by atoms with E-state index in [1.165, 1.54) is 12.5 Å². The Bertz CT molecular complexity index is 673. The topological polar surface area (TPSA) is 73.1 Å². The van der Waals surface area contributed by atoms with Gasteiger partial charge in [0.1, 0.15) is 4.21 Å². The standard InChI is InChI=1S/C10H9ClN2O3S2/c11-18(14,15)8-5-4-7(17-8)10-13-12-9(16-10)6-2-1-3-6/h4-6H,1-3H2. The van der Waals surface area contributed by atoms with Crippen molar-refractivity contribution in [2.75, 3.05) is 0 Å². The second kappa shape index (κ2) is 4.32. The molecule has 3 rings (SSSR count). The van der Waals surface area contributed by atoms with E-state index in [0.29, 0.717) is 22.6 Å². The first kappa shape index (κ1) is 12.1. The molecular weight excluding hydrogens is 296 g/mol. The van der Waals surface area contributed by atoms with Gasteiger partial charge >= 0.3 is 0 Å². The van der Waals surface area contributed by atoms with E-state index >= 15 is 0 Å². The van der Waals surface area contributed by atoms with Crippen molar-refractivity contribution >= 4 is 31.1 Å². The molecule has 0 unspecified atom stereocenters. The molecule has 1 aliphatic rings. The first-order chi connectivity index (χ1) is 8.54. The maximum absolute atomic E-state index is 11.2. The van der Waals surface area contributed by atoms with Crippen LogP contribution in [0.3, 0.4) is 0 Å². The summed E-state index contributed by atoms with van der Waals surface area (Å²) in [5, 5.41) is 7.93. The summed E-state index contributed by atoms with van der Waals surface area (Å²) < 4.78 is 27.9. The summed E-state index contributed by atoms with van der Waals surface area (Å²) in [5.74, 6) is 1.36. The molecule has 0 N–H and O–H groups in total. The third-order valence-corrected chi connectivity index (χ3v) is 6.09. The monoisotopic (exact) mass is 304 g/mol. The average Bonchev–Trinajstić information content (AvgIpc) is 2.78. The van der Waals surface area contributed by atoms with Crippen LogP contribution in [-0.2, 0) is 9.05 Å². The quantitative estimate of drug-likeness (QED) is 0.815. The Morgan fingerprint density at radius 2 is 2.11 bits per heavy atom. The van der Waals surface area contributed by atoms with E-state index in [4.69, 9.17) is 15.1 Å². The van der Waals surface area contributed by atoms with E-state index in [9.17, 15) is 8.42 Å². The molecule has 2 aromatic heterocycles. The van der Waals surface area contributed by atoms with Crippen molar-refractivity contribution in [1.82, 2.24) is 10.2 Å².